The Kier molecular flexibility index (Phi) is 3.57. The Morgan fingerprint density at radius 1 is 1.25 bits per heavy atom. The van der Waals surface area contributed by atoms with Crippen LogP contribution in [0, 0.1) is 18.3 Å². The van der Waals surface area contributed by atoms with E-state index in [1.165, 1.54) is 12.1 Å². The number of aryl methyl sites for hydroxylation is 1. The third kappa shape index (κ3) is 3.23. The molecule has 0 unspecified atom stereocenters. The molecule has 102 valence electrons. The Morgan fingerprint density at radius 2 is 2.00 bits per heavy atom. The molecule has 2 rings (SSSR count). The highest BCUT2D eigenvalue weighted by Gasteiger charge is 2.31. The summed E-state index contributed by atoms with van der Waals surface area (Å²) in [7, 11) is 0. The van der Waals surface area contributed by atoms with Crippen LogP contribution in [0.5, 0.6) is 0 Å². The summed E-state index contributed by atoms with van der Waals surface area (Å²) >= 11 is 0. The first-order valence-electron chi connectivity index (χ1n) is 5.57. The fraction of sp³-hybridized carbons (Fsp3) is 0.154. The Labute approximate surface area is 112 Å². The summed E-state index contributed by atoms with van der Waals surface area (Å²) in [6, 6.07) is 7.22. The number of rotatable bonds is 2. The molecule has 0 aliphatic rings. The summed E-state index contributed by atoms with van der Waals surface area (Å²) in [6.07, 6.45) is -3.40. The molecular weight excluding hydrogens is 269 g/mol. The Morgan fingerprint density at radius 3 is 2.55 bits per heavy atom. The zero-order valence-corrected chi connectivity index (χ0v) is 10.4. The molecule has 0 aromatic carbocycles. The van der Waals surface area contributed by atoms with E-state index in [0.717, 1.165) is 12.3 Å². The molecule has 0 spiro atoms. The first-order valence-corrected chi connectivity index (χ1v) is 5.57. The molecule has 0 amide bonds. The van der Waals surface area contributed by atoms with Crippen molar-refractivity contribution < 1.29 is 13.2 Å². The topological polar surface area (TPSA) is 61.6 Å². The highest BCUT2D eigenvalue weighted by atomic mass is 19.4. The van der Waals surface area contributed by atoms with Crippen LogP contribution in [-0.2, 0) is 6.18 Å². The number of nitriles is 1. The number of nitrogens with zero attached hydrogens (tertiary/aromatic N) is 3. The third-order valence-corrected chi connectivity index (χ3v) is 2.41. The quantitative estimate of drug-likeness (QED) is 0.914. The molecule has 20 heavy (non-hydrogen) atoms. The smallest absolute Gasteiger partial charge is 0.339 e. The maximum atomic E-state index is 12.4. The highest BCUT2D eigenvalue weighted by molar-refractivity contribution is 5.57. The summed E-state index contributed by atoms with van der Waals surface area (Å²) < 4.78 is 37.1. The molecule has 0 aliphatic heterocycles. The van der Waals surface area contributed by atoms with E-state index >= 15 is 0 Å². The van der Waals surface area contributed by atoms with E-state index in [4.69, 9.17) is 5.26 Å². The molecule has 2 heterocycles. The number of nitrogens with one attached hydrogen (secondary N) is 1. The minimum atomic E-state index is -4.46. The van der Waals surface area contributed by atoms with Crippen LogP contribution in [0.25, 0.3) is 0 Å². The number of halogens is 3. The second-order valence-electron chi connectivity index (χ2n) is 4.05. The van der Waals surface area contributed by atoms with E-state index < -0.39 is 11.9 Å². The van der Waals surface area contributed by atoms with E-state index in [2.05, 4.69) is 15.3 Å². The van der Waals surface area contributed by atoms with Gasteiger partial charge in [0.1, 0.15) is 11.5 Å². The largest absolute Gasteiger partial charge is 0.433 e. The summed E-state index contributed by atoms with van der Waals surface area (Å²) in [5.41, 5.74) is 0.448. The molecule has 0 bridgehead atoms. The summed E-state index contributed by atoms with van der Waals surface area (Å²) in [6.45, 7) is 1.72. The zero-order valence-electron chi connectivity index (χ0n) is 10.4. The van der Waals surface area contributed by atoms with Crippen LogP contribution >= 0.6 is 0 Å². The van der Waals surface area contributed by atoms with E-state index in [9.17, 15) is 13.2 Å². The van der Waals surface area contributed by atoms with Gasteiger partial charge in [-0.05, 0) is 31.2 Å². The van der Waals surface area contributed by atoms with E-state index in [-0.39, 0.29) is 0 Å². The van der Waals surface area contributed by atoms with Crippen molar-refractivity contribution in [2.45, 2.75) is 13.1 Å². The highest BCUT2D eigenvalue weighted by Crippen LogP contribution is 2.28. The molecule has 7 heteroatoms. The average Bonchev–Trinajstić information content (AvgIpc) is 2.37. The average molecular weight is 278 g/mol. The number of hydrogen-bond donors (Lipinski definition) is 1. The van der Waals surface area contributed by atoms with Crippen LogP contribution in [0.15, 0.2) is 30.5 Å². The summed E-state index contributed by atoms with van der Waals surface area (Å²) in [5, 5.41) is 11.6. The third-order valence-electron chi connectivity index (χ3n) is 2.41. The molecule has 2 aromatic rings. The molecule has 0 fully saturated rings. The van der Waals surface area contributed by atoms with Gasteiger partial charge < -0.3 is 5.32 Å². The van der Waals surface area contributed by atoms with Gasteiger partial charge in [-0.1, -0.05) is 0 Å². The Balaban J connectivity index is 2.23. The lowest BCUT2D eigenvalue weighted by atomic mass is 10.2. The lowest BCUT2D eigenvalue weighted by molar-refractivity contribution is -0.141. The SMILES string of the molecule is Cc1cc(C#N)cc(Nc2ccc(C(F)(F)F)nc2)n1. The summed E-state index contributed by atoms with van der Waals surface area (Å²) in [4.78, 5) is 7.47. The second kappa shape index (κ2) is 5.17. The van der Waals surface area contributed by atoms with Crippen molar-refractivity contribution in [3.8, 4) is 6.07 Å². The minimum Gasteiger partial charge on any atom is -0.339 e. The van der Waals surface area contributed by atoms with Crippen LogP contribution in [0.1, 0.15) is 17.0 Å². The number of aromatic nitrogens is 2. The van der Waals surface area contributed by atoms with Crippen LogP contribution in [0.4, 0.5) is 24.7 Å². The van der Waals surface area contributed by atoms with E-state index in [1.807, 2.05) is 6.07 Å². The van der Waals surface area contributed by atoms with Crippen LogP contribution in [-0.4, -0.2) is 9.97 Å². The van der Waals surface area contributed by atoms with Gasteiger partial charge in [0.15, 0.2) is 0 Å². The van der Waals surface area contributed by atoms with Gasteiger partial charge >= 0.3 is 6.18 Å². The predicted octanol–water partition coefficient (Wildman–Crippen LogP) is 3.42. The van der Waals surface area contributed by atoms with E-state index in [0.29, 0.717) is 22.8 Å². The number of alkyl halides is 3. The first-order chi connectivity index (χ1) is 9.38. The molecule has 2 aromatic heterocycles. The van der Waals surface area contributed by atoms with Gasteiger partial charge in [0.05, 0.1) is 23.5 Å². The fourth-order valence-electron chi connectivity index (χ4n) is 1.58. The standard InChI is InChI=1S/C13H9F3N4/c1-8-4-9(6-17)5-12(19-8)20-10-2-3-11(18-7-10)13(14,15)16/h2-5,7H,1H3,(H,19,20). The first kappa shape index (κ1) is 13.8. The molecule has 1 N–H and O–H groups in total. The molecule has 0 aliphatic carbocycles. The molecule has 0 saturated heterocycles. The maximum Gasteiger partial charge on any atom is 0.433 e. The number of anilines is 2. The minimum absolute atomic E-state index is 0.361. The predicted molar refractivity (Wildman–Crippen MR) is 66.2 cm³/mol. The van der Waals surface area contributed by atoms with Crippen molar-refractivity contribution in [3.05, 3.63) is 47.4 Å². The molecular formula is C13H9F3N4. The zero-order chi connectivity index (χ0) is 14.8. The molecule has 0 atom stereocenters. The molecule has 0 saturated carbocycles. The van der Waals surface area contributed by atoms with Gasteiger partial charge in [-0.25, -0.2) is 9.97 Å². The van der Waals surface area contributed by atoms with Crippen molar-refractivity contribution >= 4 is 11.5 Å². The van der Waals surface area contributed by atoms with Crippen molar-refractivity contribution in [2.75, 3.05) is 5.32 Å². The number of pyridine rings is 2. The van der Waals surface area contributed by atoms with Gasteiger partial charge in [-0.2, -0.15) is 18.4 Å². The van der Waals surface area contributed by atoms with Gasteiger partial charge in [0.2, 0.25) is 0 Å². The lowest BCUT2D eigenvalue weighted by Gasteiger charge is -2.09. The summed E-state index contributed by atoms with van der Waals surface area (Å²) in [5.74, 6) is 0.378. The van der Waals surface area contributed by atoms with E-state index in [1.54, 1.807) is 13.0 Å². The van der Waals surface area contributed by atoms with Gasteiger partial charge in [-0.3, -0.25) is 0 Å². The van der Waals surface area contributed by atoms with Crippen molar-refractivity contribution in [1.29, 1.82) is 5.26 Å². The van der Waals surface area contributed by atoms with Crippen molar-refractivity contribution in [1.82, 2.24) is 9.97 Å². The monoisotopic (exact) mass is 278 g/mol. The van der Waals surface area contributed by atoms with Gasteiger partial charge in [0.25, 0.3) is 0 Å². The van der Waals surface area contributed by atoms with Crippen molar-refractivity contribution in [3.63, 3.8) is 0 Å². The van der Waals surface area contributed by atoms with Crippen molar-refractivity contribution in [2.24, 2.45) is 0 Å². The van der Waals surface area contributed by atoms with Crippen LogP contribution < -0.4 is 5.32 Å². The van der Waals surface area contributed by atoms with Crippen LogP contribution in [0.2, 0.25) is 0 Å². The number of hydrogen-bond acceptors (Lipinski definition) is 4. The molecule has 4 nitrogen and oxygen atoms in total. The van der Waals surface area contributed by atoms with Gasteiger partial charge in [-0.15, -0.1) is 0 Å². The normalized spacial score (nSPS) is 10.9. The fourth-order valence-corrected chi connectivity index (χ4v) is 1.58. The molecule has 0 radical (unpaired) electrons. The Bertz CT molecular complexity index is 657. The Hall–Kier alpha value is -2.62. The van der Waals surface area contributed by atoms with Gasteiger partial charge in [0, 0.05) is 5.69 Å². The maximum absolute atomic E-state index is 12.4. The second-order valence-corrected chi connectivity index (χ2v) is 4.05. The van der Waals surface area contributed by atoms with Crippen LogP contribution in [0.3, 0.4) is 0 Å². The lowest BCUT2D eigenvalue weighted by Crippen LogP contribution is -2.07.